The second-order valence-electron chi connectivity index (χ2n) is 3.45. The van der Waals surface area contributed by atoms with Crippen LogP contribution >= 0.6 is 39.9 Å². The highest BCUT2D eigenvalue weighted by Gasteiger charge is 2.28. The normalized spacial score (nSPS) is 18.2. The topological polar surface area (TPSA) is 40.5 Å². The zero-order valence-electron chi connectivity index (χ0n) is 8.81. The van der Waals surface area contributed by atoms with Gasteiger partial charge >= 0.3 is 0 Å². The molecule has 0 atom stereocenters. The van der Waals surface area contributed by atoms with Gasteiger partial charge in [-0.25, -0.2) is 0 Å². The van der Waals surface area contributed by atoms with Crippen LogP contribution in [0.1, 0.15) is 5.56 Å². The highest BCUT2D eigenvalue weighted by Crippen LogP contribution is 2.32. The molecule has 3 nitrogen and oxygen atoms in total. The van der Waals surface area contributed by atoms with Crippen molar-refractivity contribution in [3.8, 4) is 5.75 Å². The number of amides is 1. The maximum atomic E-state index is 11.8. The van der Waals surface area contributed by atoms with E-state index in [4.69, 9.17) is 12.2 Å². The molecule has 1 aliphatic rings. The molecule has 17 heavy (non-hydrogen) atoms. The summed E-state index contributed by atoms with van der Waals surface area (Å²) in [5.74, 6) is 0.0781. The summed E-state index contributed by atoms with van der Waals surface area (Å²) >= 11 is 9.54. The first-order valence-electron chi connectivity index (χ1n) is 4.69. The Bertz CT molecular complexity index is 542. The fourth-order valence-corrected chi connectivity index (χ4v) is 2.89. The third-order valence-electron chi connectivity index (χ3n) is 2.26. The first kappa shape index (κ1) is 12.6. The molecule has 1 heterocycles. The highest BCUT2D eigenvalue weighted by molar-refractivity contribution is 9.10. The number of thiocarbonyl (C=S) groups is 1. The first-order valence-corrected chi connectivity index (χ1v) is 6.71. The number of aromatic hydroxyl groups is 1. The number of likely N-dealkylation sites (N-methyl/N-ethyl adjacent to an activating group) is 1. The van der Waals surface area contributed by atoms with E-state index in [0.29, 0.717) is 13.7 Å². The van der Waals surface area contributed by atoms with Crippen LogP contribution in [0.4, 0.5) is 0 Å². The standard InChI is InChI=1S/C11H8BrNO2S2/c1-13-10(15)9(17-11(13)16)5-6-2-3-8(14)7(12)4-6/h2-5,14H,1H3/b9-5+. The maximum Gasteiger partial charge on any atom is 0.265 e. The van der Waals surface area contributed by atoms with Crippen LogP contribution in [0.15, 0.2) is 27.6 Å². The minimum atomic E-state index is -0.0933. The largest absolute Gasteiger partial charge is 0.507 e. The zero-order chi connectivity index (χ0) is 12.6. The summed E-state index contributed by atoms with van der Waals surface area (Å²) in [7, 11) is 1.66. The molecule has 0 radical (unpaired) electrons. The van der Waals surface area contributed by atoms with Crippen LogP contribution in [0.5, 0.6) is 5.75 Å². The Labute approximate surface area is 117 Å². The fraction of sp³-hybridized carbons (Fsp3) is 0.0909. The summed E-state index contributed by atoms with van der Waals surface area (Å²) in [5.41, 5.74) is 0.837. The van der Waals surface area contributed by atoms with Crippen LogP contribution in [0.25, 0.3) is 6.08 Å². The van der Waals surface area contributed by atoms with Gasteiger partial charge in [-0.2, -0.15) is 0 Å². The number of hydrogen-bond donors (Lipinski definition) is 1. The molecule has 1 saturated heterocycles. The minimum Gasteiger partial charge on any atom is -0.507 e. The number of phenolic OH excluding ortho intramolecular Hbond substituents is 1. The molecule has 88 valence electrons. The van der Waals surface area contributed by atoms with Crippen LogP contribution in [-0.2, 0) is 4.79 Å². The second kappa shape index (κ2) is 4.80. The number of benzene rings is 1. The number of nitrogens with zero attached hydrogens (tertiary/aromatic N) is 1. The highest BCUT2D eigenvalue weighted by atomic mass is 79.9. The van der Waals surface area contributed by atoms with Crippen LogP contribution in [0.2, 0.25) is 0 Å². The Morgan fingerprint density at radius 2 is 2.24 bits per heavy atom. The van der Waals surface area contributed by atoms with E-state index >= 15 is 0 Å². The van der Waals surface area contributed by atoms with E-state index in [-0.39, 0.29) is 11.7 Å². The van der Waals surface area contributed by atoms with Crippen molar-refractivity contribution in [3.05, 3.63) is 33.1 Å². The summed E-state index contributed by atoms with van der Waals surface area (Å²) in [6.45, 7) is 0. The summed E-state index contributed by atoms with van der Waals surface area (Å²) < 4.78 is 1.15. The Hall–Kier alpha value is -0.850. The lowest BCUT2D eigenvalue weighted by Crippen LogP contribution is -2.22. The SMILES string of the molecule is CN1C(=O)/C(=C\c2ccc(O)c(Br)c2)SC1=S. The van der Waals surface area contributed by atoms with Gasteiger partial charge in [-0.05, 0) is 39.7 Å². The lowest BCUT2D eigenvalue weighted by Gasteiger charge is -2.03. The summed E-state index contributed by atoms with van der Waals surface area (Å²) in [5, 5.41) is 9.37. The molecule has 0 saturated carbocycles. The molecule has 0 spiro atoms. The second-order valence-corrected chi connectivity index (χ2v) is 5.98. The van der Waals surface area contributed by atoms with E-state index in [2.05, 4.69) is 15.9 Å². The van der Waals surface area contributed by atoms with Gasteiger partial charge in [-0.3, -0.25) is 9.69 Å². The van der Waals surface area contributed by atoms with Crippen LogP contribution in [-0.4, -0.2) is 27.3 Å². The third-order valence-corrected chi connectivity index (χ3v) is 4.38. The van der Waals surface area contributed by atoms with Gasteiger partial charge in [0.2, 0.25) is 0 Å². The van der Waals surface area contributed by atoms with Crippen molar-refractivity contribution >= 4 is 56.2 Å². The van der Waals surface area contributed by atoms with Gasteiger partial charge in [-0.15, -0.1) is 0 Å². The van der Waals surface area contributed by atoms with E-state index < -0.39 is 0 Å². The predicted octanol–water partition coefficient (Wildman–Crippen LogP) is 2.99. The van der Waals surface area contributed by atoms with Gasteiger partial charge < -0.3 is 5.11 Å². The average molecular weight is 330 g/mol. The number of hydrogen-bond acceptors (Lipinski definition) is 4. The number of thioether (sulfide) groups is 1. The van der Waals surface area contributed by atoms with Crippen molar-refractivity contribution in [2.24, 2.45) is 0 Å². The minimum absolute atomic E-state index is 0.0933. The lowest BCUT2D eigenvalue weighted by atomic mass is 10.2. The van der Waals surface area contributed by atoms with Crippen molar-refractivity contribution in [1.29, 1.82) is 0 Å². The van der Waals surface area contributed by atoms with E-state index in [1.165, 1.54) is 16.7 Å². The van der Waals surface area contributed by atoms with Crippen molar-refractivity contribution in [2.75, 3.05) is 7.05 Å². The Balaban J connectivity index is 2.34. The Morgan fingerprint density at radius 3 is 2.76 bits per heavy atom. The van der Waals surface area contributed by atoms with Gasteiger partial charge in [0, 0.05) is 7.05 Å². The molecule has 1 amide bonds. The van der Waals surface area contributed by atoms with Crippen molar-refractivity contribution < 1.29 is 9.90 Å². The van der Waals surface area contributed by atoms with Gasteiger partial charge in [0.25, 0.3) is 5.91 Å². The molecule has 1 aromatic rings. The fourth-order valence-electron chi connectivity index (χ4n) is 1.31. The summed E-state index contributed by atoms with van der Waals surface area (Å²) in [4.78, 5) is 13.8. The number of phenols is 1. The number of carbonyl (C=O) groups excluding carboxylic acids is 1. The van der Waals surface area contributed by atoms with Crippen molar-refractivity contribution in [1.82, 2.24) is 4.90 Å². The molecule has 1 aromatic carbocycles. The smallest absolute Gasteiger partial charge is 0.265 e. The van der Waals surface area contributed by atoms with Crippen molar-refractivity contribution in [3.63, 3.8) is 0 Å². The Morgan fingerprint density at radius 1 is 1.53 bits per heavy atom. The molecule has 1 aliphatic heterocycles. The van der Waals surface area contributed by atoms with Gasteiger partial charge in [-0.1, -0.05) is 30.0 Å². The molecule has 0 bridgehead atoms. The third kappa shape index (κ3) is 2.53. The van der Waals surface area contributed by atoms with E-state index in [1.807, 2.05) is 0 Å². The van der Waals surface area contributed by atoms with Crippen molar-refractivity contribution in [2.45, 2.75) is 0 Å². The van der Waals surface area contributed by atoms with Gasteiger partial charge in [0.05, 0.1) is 9.38 Å². The molecule has 6 heteroatoms. The number of carbonyl (C=O) groups is 1. The van der Waals surface area contributed by atoms with E-state index in [0.717, 1.165) is 5.56 Å². The molecular weight excluding hydrogens is 322 g/mol. The van der Waals surface area contributed by atoms with E-state index in [9.17, 15) is 9.90 Å². The summed E-state index contributed by atoms with van der Waals surface area (Å²) in [6, 6.07) is 5.06. The molecule has 2 rings (SSSR count). The van der Waals surface area contributed by atoms with Gasteiger partial charge in [0.1, 0.15) is 10.1 Å². The number of halogens is 1. The van der Waals surface area contributed by atoms with Crippen LogP contribution < -0.4 is 0 Å². The molecule has 0 aliphatic carbocycles. The molecule has 0 unspecified atom stereocenters. The first-order chi connectivity index (χ1) is 7.99. The summed E-state index contributed by atoms with van der Waals surface area (Å²) in [6.07, 6.45) is 1.76. The predicted molar refractivity (Wildman–Crippen MR) is 76.7 cm³/mol. The van der Waals surface area contributed by atoms with Crippen LogP contribution in [0, 0.1) is 0 Å². The molecule has 1 N–H and O–H groups in total. The number of rotatable bonds is 1. The lowest BCUT2D eigenvalue weighted by molar-refractivity contribution is -0.121. The molecule has 0 aromatic heterocycles. The molecular formula is C11H8BrNO2S2. The quantitative estimate of drug-likeness (QED) is 0.635. The van der Waals surface area contributed by atoms with Gasteiger partial charge in [0.15, 0.2) is 0 Å². The van der Waals surface area contributed by atoms with E-state index in [1.54, 1.807) is 31.3 Å². The van der Waals surface area contributed by atoms with Crippen LogP contribution in [0.3, 0.4) is 0 Å². The average Bonchev–Trinajstić information content (AvgIpc) is 2.52. The molecule has 1 fully saturated rings. The monoisotopic (exact) mass is 329 g/mol. The maximum absolute atomic E-state index is 11.8. The zero-order valence-corrected chi connectivity index (χ0v) is 12.0. The Kier molecular flexibility index (Phi) is 3.56.